The van der Waals surface area contributed by atoms with E-state index in [1.807, 2.05) is 0 Å². The van der Waals surface area contributed by atoms with Crippen molar-refractivity contribution in [3.8, 4) is 0 Å². The van der Waals surface area contributed by atoms with E-state index in [2.05, 4.69) is 6.92 Å². The number of ether oxygens (including phenoxy) is 3. The number of carbonyl (C=O) groups is 1. The highest BCUT2D eigenvalue weighted by molar-refractivity contribution is 6.52. The molecule has 0 saturated heterocycles. The highest BCUT2D eigenvalue weighted by Gasteiger charge is 2.85. The van der Waals surface area contributed by atoms with Gasteiger partial charge in [0.15, 0.2) is 4.87 Å². The fourth-order valence-corrected chi connectivity index (χ4v) is 6.03. The molecular weight excluding hydrogens is 386 g/mol. The monoisotopic (exact) mass is 404 g/mol. The van der Waals surface area contributed by atoms with Gasteiger partial charge < -0.3 is 14.2 Å². The van der Waals surface area contributed by atoms with Gasteiger partial charge in [0.05, 0.1) is 10.1 Å². The van der Waals surface area contributed by atoms with Crippen molar-refractivity contribution in [3.63, 3.8) is 0 Å². The van der Waals surface area contributed by atoms with Crippen LogP contribution < -0.4 is 0 Å². The highest BCUT2D eigenvalue weighted by atomic mass is 35.5. The number of methoxy groups -OCH3 is 2. The number of unbranched alkanes of at least 4 members (excludes halogenated alkanes) is 1. The van der Waals surface area contributed by atoms with Gasteiger partial charge in [-0.15, -0.1) is 23.2 Å². The van der Waals surface area contributed by atoms with E-state index in [0.717, 1.165) is 12.8 Å². The highest BCUT2D eigenvalue weighted by Crippen LogP contribution is 2.72. The molecule has 23 heavy (non-hydrogen) atoms. The van der Waals surface area contributed by atoms with Gasteiger partial charge in [-0.3, -0.25) is 4.79 Å². The zero-order valence-electron chi connectivity index (χ0n) is 13.4. The number of alkyl halides is 2. The quantitative estimate of drug-likeness (QED) is 0.373. The van der Waals surface area contributed by atoms with Crippen LogP contribution in [0.4, 0.5) is 0 Å². The van der Waals surface area contributed by atoms with Crippen LogP contribution in [0.1, 0.15) is 33.1 Å². The molecule has 2 rings (SSSR count). The number of fused-ring (bicyclic) bond motifs is 2. The van der Waals surface area contributed by atoms with Gasteiger partial charge in [-0.05, 0) is 6.42 Å². The smallest absolute Gasteiger partial charge is 0.302 e. The predicted molar refractivity (Wildman–Crippen MR) is 91.2 cm³/mol. The second-order valence-electron chi connectivity index (χ2n) is 5.86. The van der Waals surface area contributed by atoms with Crippen molar-refractivity contribution in [2.24, 2.45) is 5.92 Å². The van der Waals surface area contributed by atoms with Crippen LogP contribution >= 0.6 is 46.4 Å². The molecule has 0 unspecified atom stereocenters. The van der Waals surface area contributed by atoms with Crippen molar-refractivity contribution in [1.29, 1.82) is 0 Å². The molecule has 132 valence electrons. The van der Waals surface area contributed by atoms with E-state index in [9.17, 15) is 4.79 Å². The van der Waals surface area contributed by atoms with Gasteiger partial charge >= 0.3 is 5.97 Å². The lowest BCUT2D eigenvalue weighted by Crippen LogP contribution is -2.58. The molecule has 2 bridgehead atoms. The normalized spacial score (nSPS) is 38.3. The fourth-order valence-electron chi connectivity index (χ4n) is 3.87. The third-order valence-corrected chi connectivity index (χ3v) is 7.43. The van der Waals surface area contributed by atoms with E-state index in [-0.39, 0.29) is 16.0 Å². The van der Waals surface area contributed by atoms with Crippen LogP contribution in [0.5, 0.6) is 0 Å². The topological polar surface area (TPSA) is 44.8 Å². The first-order valence-corrected chi connectivity index (χ1v) is 8.91. The number of carbonyl (C=O) groups excluding carboxylic acids is 1. The lowest BCUT2D eigenvalue weighted by Gasteiger charge is -2.40. The summed E-state index contributed by atoms with van der Waals surface area (Å²) in [7, 11) is 2.84. The molecule has 0 amide bonds. The average molecular weight is 406 g/mol. The van der Waals surface area contributed by atoms with Crippen LogP contribution in [0.15, 0.2) is 10.1 Å². The minimum Gasteiger partial charge on any atom is -0.460 e. The maximum absolute atomic E-state index is 11.6. The lowest BCUT2D eigenvalue weighted by atomic mass is 9.85. The molecule has 1 fully saturated rings. The standard InChI is InChI=1S/C15H20Cl4O4/c1-5-6-7-9-12(23-8(2)20)14(19)11(17)10(16)13(9,18)15(14,21-3)22-4/h9,12H,5-7H2,1-4H3/t9-,12+,13-,14-/m1/s1. The van der Waals surface area contributed by atoms with Gasteiger partial charge in [0.25, 0.3) is 0 Å². The summed E-state index contributed by atoms with van der Waals surface area (Å²) in [6, 6.07) is 0. The van der Waals surface area contributed by atoms with Gasteiger partial charge in [0.1, 0.15) is 11.0 Å². The maximum Gasteiger partial charge on any atom is 0.302 e. The van der Waals surface area contributed by atoms with E-state index >= 15 is 0 Å². The SMILES string of the molecule is CCCC[C@@H]1[C@H](OC(C)=O)[C@]2(Cl)C(Cl)=C(Cl)[C@@]1(Cl)C2(OC)OC. The summed E-state index contributed by atoms with van der Waals surface area (Å²) in [5, 5.41) is 0.280. The largest absolute Gasteiger partial charge is 0.460 e. The Morgan fingerprint density at radius 2 is 1.65 bits per heavy atom. The molecule has 2 aliphatic rings. The van der Waals surface area contributed by atoms with Crippen molar-refractivity contribution in [2.75, 3.05) is 14.2 Å². The summed E-state index contributed by atoms with van der Waals surface area (Å²) in [6.45, 7) is 3.36. The number of rotatable bonds is 6. The van der Waals surface area contributed by atoms with Crippen LogP contribution in [-0.4, -0.2) is 41.8 Å². The Labute approximate surface area is 156 Å². The number of esters is 1. The average Bonchev–Trinajstić information content (AvgIpc) is 2.74. The van der Waals surface area contributed by atoms with Gasteiger partial charge in [-0.1, -0.05) is 43.0 Å². The number of halogens is 4. The summed E-state index contributed by atoms with van der Waals surface area (Å²) < 4.78 is 16.7. The Bertz CT molecular complexity index is 534. The Balaban J connectivity index is 2.67. The Kier molecular flexibility index (Phi) is 5.58. The summed E-state index contributed by atoms with van der Waals surface area (Å²) in [4.78, 5) is 8.79. The Hall–Kier alpha value is 0.290. The van der Waals surface area contributed by atoms with Crippen LogP contribution in [-0.2, 0) is 19.0 Å². The van der Waals surface area contributed by atoms with Crippen molar-refractivity contribution in [1.82, 2.24) is 0 Å². The van der Waals surface area contributed by atoms with Crippen LogP contribution in [0.3, 0.4) is 0 Å². The van der Waals surface area contributed by atoms with E-state index in [1.165, 1.54) is 21.1 Å². The van der Waals surface area contributed by atoms with Crippen molar-refractivity contribution >= 4 is 52.4 Å². The molecule has 2 aliphatic carbocycles. The first-order chi connectivity index (χ1) is 10.7. The molecule has 0 aromatic rings. The molecule has 0 aromatic carbocycles. The molecule has 0 aliphatic heterocycles. The van der Waals surface area contributed by atoms with E-state index in [4.69, 9.17) is 60.6 Å². The predicted octanol–water partition coefficient (Wildman–Crippen LogP) is 4.39. The minimum absolute atomic E-state index is 0.0959. The van der Waals surface area contributed by atoms with Crippen molar-refractivity contribution in [2.45, 2.75) is 54.7 Å². The van der Waals surface area contributed by atoms with Gasteiger partial charge in [0, 0.05) is 27.1 Å². The Morgan fingerprint density at radius 1 is 1.13 bits per heavy atom. The van der Waals surface area contributed by atoms with Crippen LogP contribution in [0.25, 0.3) is 0 Å². The molecular formula is C15H20Cl4O4. The first-order valence-electron chi connectivity index (χ1n) is 7.40. The van der Waals surface area contributed by atoms with Crippen molar-refractivity contribution < 1.29 is 19.0 Å². The van der Waals surface area contributed by atoms with Crippen LogP contribution in [0.2, 0.25) is 0 Å². The van der Waals surface area contributed by atoms with Gasteiger partial charge in [0.2, 0.25) is 5.79 Å². The van der Waals surface area contributed by atoms with E-state index in [1.54, 1.807) is 0 Å². The second-order valence-corrected chi connectivity index (χ2v) is 7.80. The first kappa shape index (κ1) is 19.6. The van der Waals surface area contributed by atoms with E-state index in [0.29, 0.717) is 6.42 Å². The second kappa shape index (κ2) is 6.54. The zero-order chi connectivity index (χ0) is 17.6. The summed E-state index contributed by atoms with van der Waals surface area (Å²) in [5.74, 6) is -2.40. The third kappa shape index (κ3) is 2.22. The molecule has 0 N–H and O–H groups in total. The molecule has 0 radical (unpaired) electrons. The van der Waals surface area contributed by atoms with Crippen molar-refractivity contribution in [3.05, 3.63) is 10.1 Å². The Morgan fingerprint density at radius 3 is 2.09 bits per heavy atom. The van der Waals surface area contributed by atoms with Gasteiger partial charge in [-0.25, -0.2) is 0 Å². The fraction of sp³-hybridized carbons (Fsp3) is 0.800. The molecule has 4 nitrogen and oxygen atoms in total. The summed E-state index contributed by atoms with van der Waals surface area (Å²) in [5.41, 5.74) is 0. The lowest BCUT2D eigenvalue weighted by molar-refractivity contribution is -0.223. The molecule has 8 heteroatoms. The van der Waals surface area contributed by atoms with Crippen LogP contribution in [0, 0.1) is 5.92 Å². The number of hydrogen-bond donors (Lipinski definition) is 0. The third-order valence-electron chi connectivity index (χ3n) is 4.79. The molecule has 0 heterocycles. The minimum atomic E-state index is -1.53. The van der Waals surface area contributed by atoms with Gasteiger partial charge in [-0.2, -0.15) is 0 Å². The molecule has 0 aromatic heterocycles. The molecule has 1 saturated carbocycles. The molecule has 4 atom stereocenters. The van der Waals surface area contributed by atoms with E-state index < -0.39 is 27.6 Å². The number of hydrogen-bond acceptors (Lipinski definition) is 4. The maximum atomic E-state index is 11.6. The summed E-state index contributed by atoms with van der Waals surface area (Å²) in [6.07, 6.45) is 1.63. The molecule has 0 spiro atoms. The zero-order valence-corrected chi connectivity index (χ0v) is 16.4. The summed E-state index contributed by atoms with van der Waals surface area (Å²) >= 11 is 26.6.